The lowest BCUT2D eigenvalue weighted by Crippen LogP contribution is -2.36. The van der Waals surface area contributed by atoms with E-state index >= 15 is 0 Å². The molecule has 3 rings (SSSR count). The van der Waals surface area contributed by atoms with E-state index in [2.05, 4.69) is 15.2 Å². The summed E-state index contributed by atoms with van der Waals surface area (Å²) in [4.78, 5) is 8.09. The summed E-state index contributed by atoms with van der Waals surface area (Å²) < 4.78 is 13.8. The Balaban J connectivity index is 1.60. The van der Waals surface area contributed by atoms with Gasteiger partial charge in [-0.15, -0.1) is 11.3 Å². The molecule has 0 aliphatic carbocycles. The van der Waals surface area contributed by atoms with Crippen molar-refractivity contribution >= 4 is 11.3 Å². The number of aromatic nitrogens is 1. The average Bonchev–Trinajstić information content (AvgIpc) is 2.98. The Morgan fingerprint density at radius 3 is 2.82 bits per heavy atom. The first-order valence-corrected chi connectivity index (χ1v) is 8.64. The molecule has 0 spiro atoms. The second-order valence-electron chi connectivity index (χ2n) is 5.89. The summed E-state index contributed by atoms with van der Waals surface area (Å²) in [7, 11) is 2.02. The Bertz CT molecular complexity index is 605. The van der Waals surface area contributed by atoms with Crippen LogP contribution in [0, 0.1) is 11.7 Å². The van der Waals surface area contributed by atoms with Gasteiger partial charge in [-0.1, -0.05) is 12.1 Å². The van der Waals surface area contributed by atoms with E-state index in [9.17, 15) is 4.39 Å². The fourth-order valence-corrected chi connectivity index (χ4v) is 3.98. The zero-order valence-electron chi connectivity index (χ0n) is 12.9. The number of hydrogen-bond donors (Lipinski definition) is 1. The van der Waals surface area contributed by atoms with Crippen molar-refractivity contribution in [1.82, 2.24) is 15.2 Å². The third-order valence-corrected chi connectivity index (χ3v) is 5.25. The number of benzene rings is 1. The minimum Gasteiger partial charge on any atom is -0.319 e. The van der Waals surface area contributed by atoms with Gasteiger partial charge in [0.25, 0.3) is 0 Å². The van der Waals surface area contributed by atoms with Crippen LogP contribution in [0.5, 0.6) is 0 Å². The molecule has 1 aromatic heterocycles. The summed E-state index contributed by atoms with van der Waals surface area (Å²) in [5.74, 6) is 0.605. The quantitative estimate of drug-likeness (QED) is 0.916. The van der Waals surface area contributed by atoms with E-state index in [0.29, 0.717) is 5.56 Å². The van der Waals surface area contributed by atoms with E-state index in [1.807, 2.05) is 19.3 Å². The Labute approximate surface area is 135 Å². The molecule has 0 saturated carbocycles. The van der Waals surface area contributed by atoms with Crippen molar-refractivity contribution in [2.24, 2.45) is 5.92 Å². The highest BCUT2D eigenvalue weighted by molar-refractivity contribution is 7.15. The van der Waals surface area contributed by atoms with Gasteiger partial charge in [0, 0.05) is 23.2 Å². The van der Waals surface area contributed by atoms with E-state index in [4.69, 9.17) is 0 Å². The summed E-state index contributed by atoms with van der Waals surface area (Å²) >= 11 is 1.60. The number of hydrogen-bond acceptors (Lipinski definition) is 4. The molecular formula is C17H22FN3S. The van der Waals surface area contributed by atoms with E-state index in [0.717, 1.165) is 37.1 Å². The van der Waals surface area contributed by atoms with Crippen LogP contribution in [-0.4, -0.2) is 36.6 Å². The van der Waals surface area contributed by atoms with Crippen molar-refractivity contribution in [3.8, 4) is 10.6 Å². The molecule has 0 atom stereocenters. The first-order valence-electron chi connectivity index (χ1n) is 7.83. The van der Waals surface area contributed by atoms with Crippen LogP contribution in [0.3, 0.4) is 0 Å². The zero-order valence-corrected chi connectivity index (χ0v) is 13.7. The van der Waals surface area contributed by atoms with Gasteiger partial charge >= 0.3 is 0 Å². The highest BCUT2D eigenvalue weighted by Crippen LogP contribution is 2.28. The molecule has 1 saturated heterocycles. The number of likely N-dealkylation sites (tertiary alicyclic amines) is 1. The number of piperidine rings is 1. The van der Waals surface area contributed by atoms with Crippen LogP contribution >= 0.6 is 11.3 Å². The van der Waals surface area contributed by atoms with Gasteiger partial charge in [-0.3, -0.25) is 4.90 Å². The predicted octanol–water partition coefficient (Wildman–Crippen LogP) is 3.38. The second kappa shape index (κ2) is 7.31. The van der Waals surface area contributed by atoms with E-state index in [1.54, 1.807) is 23.5 Å². The molecule has 2 heterocycles. The van der Waals surface area contributed by atoms with Crippen molar-refractivity contribution in [2.75, 3.05) is 26.7 Å². The van der Waals surface area contributed by atoms with Crippen LogP contribution in [-0.2, 0) is 6.54 Å². The molecule has 1 aromatic carbocycles. The Morgan fingerprint density at radius 2 is 2.09 bits per heavy atom. The van der Waals surface area contributed by atoms with E-state index in [-0.39, 0.29) is 5.82 Å². The number of thiazole rings is 1. The molecule has 1 aliphatic rings. The lowest BCUT2D eigenvalue weighted by atomic mass is 9.97. The van der Waals surface area contributed by atoms with Crippen molar-refractivity contribution in [1.29, 1.82) is 0 Å². The summed E-state index contributed by atoms with van der Waals surface area (Å²) in [6, 6.07) is 6.85. The van der Waals surface area contributed by atoms with E-state index in [1.165, 1.54) is 23.8 Å². The first kappa shape index (κ1) is 15.6. The van der Waals surface area contributed by atoms with Crippen LogP contribution in [0.1, 0.15) is 17.7 Å². The lowest BCUT2D eigenvalue weighted by Gasteiger charge is -2.31. The topological polar surface area (TPSA) is 28.2 Å². The summed E-state index contributed by atoms with van der Waals surface area (Å²) in [5, 5.41) is 4.04. The fourth-order valence-electron chi connectivity index (χ4n) is 3.00. The largest absolute Gasteiger partial charge is 0.319 e. The molecule has 0 unspecified atom stereocenters. The number of nitrogens with zero attached hydrogens (tertiary/aromatic N) is 2. The second-order valence-corrected chi connectivity index (χ2v) is 7.00. The monoisotopic (exact) mass is 319 g/mol. The highest BCUT2D eigenvalue weighted by atomic mass is 32.1. The van der Waals surface area contributed by atoms with E-state index < -0.39 is 0 Å². The van der Waals surface area contributed by atoms with Crippen LogP contribution in [0.4, 0.5) is 4.39 Å². The van der Waals surface area contributed by atoms with Gasteiger partial charge in [-0.05, 0) is 57.6 Å². The SMILES string of the molecule is CNCC1CCN(Cc2cnc(-c3ccccc3F)s2)CC1. The molecule has 0 bridgehead atoms. The van der Waals surface area contributed by atoms with Gasteiger partial charge in [0.1, 0.15) is 10.8 Å². The molecule has 1 fully saturated rings. The average molecular weight is 319 g/mol. The molecular weight excluding hydrogens is 297 g/mol. The Morgan fingerprint density at radius 1 is 1.32 bits per heavy atom. The van der Waals surface area contributed by atoms with Gasteiger partial charge < -0.3 is 5.32 Å². The molecule has 0 amide bonds. The van der Waals surface area contributed by atoms with Crippen molar-refractivity contribution in [3.63, 3.8) is 0 Å². The summed E-state index contributed by atoms with van der Waals surface area (Å²) in [5.41, 5.74) is 0.603. The Hall–Kier alpha value is -1.30. The third-order valence-electron chi connectivity index (χ3n) is 4.24. The van der Waals surface area contributed by atoms with Gasteiger partial charge in [0.05, 0.1) is 0 Å². The predicted molar refractivity (Wildman–Crippen MR) is 89.4 cm³/mol. The molecule has 2 aromatic rings. The zero-order chi connectivity index (χ0) is 15.4. The normalized spacial score (nSPS) is 17.0. The molecule has 1 aliphatic heterocycles. The van der Waals surface area contributed by atoms with Crippen LogP contribution < -0.4 is 5.32 Å². The molecule has 5 heteroatoms. The third kappa shape index (κ3) is 3.72. The highest BCUT2D eigenvalue weighted by Gasteiger charge is 2.19. The first-order chi connectivity index (χ1) is 10.8. The Kier molecular flexibility index (Phi) is 5.18. The molecule has 1 N–H and O–H groups in total. The standard InChI is InChI=1S/C17H22FN3S/c1-19-10-13-6-8-21(9-7-13)12-14-11-20-17(22-14)15-4-2-3-5-16(15)18/h2-5,11,13,19H,6-10,12H2,1H3. The number of rotatable bonds is 5. The number of nitrogens with one attached hydrogen (secondary N) is 1. The summed E-state index contributed by atoms with van der Waals surface area (Å²) in [6.45, 7) is 4.32. The maximum atomic E-state index is 13.8. The fraction of sp³-hybridized carbons (Fsp3) is 0.471. The molecule has 22 heavy (non-hydrogen) atoms. The van der Waals surface area contributed by atoms with Crippen molar-refractivity contribution in [3.05, 3.63) is 41.2 Å². The van der Waals surface area contributed by atoms with Gasteiger partial charge in [0.15, 0.2) is 0 Å². The molecule has 118 valence electrons. The van der Waals surface area contributed by atoms with Gasteiger partial charge in [-0.2, -0.15) is 0 Å². The smallest absolute Gasteiger partial charge is 0.133 e. The summed E-state index contributed by atoms with van der Waals surface area (Å²) in [6.07, 6.45) is 4.39. The lowest BCUT2D eigenvalue weighted by molar-refractivity contribution is 0.178. The number of halogens is 1. The van der Waals surface area contributed by atoms with Crippen LogP contribution in [0.2, 0.25) is 0 Å². The maximum Gasteiger partial charge on any atom is 0.133 e. The van der Waals surface area contributed by atoms with Gasteiger partial charge in [-0.25, -0.2) is 9.37 Å². The van der Waals surface area contributed by atoms with Crippen molar-refractivity contribution in [2.45, 2.75) is 19.4 Å². The minimum absolute atomic E-state index is 0.198. The van der Waals surface area contributed by atoms with Crippen LogP contribution in [0.25, 0.3) is 10.6 Å². The van der Waals surface area contributed by atoms with Gasteiger partial charge in [0.2, 0.25) is 0 Å². The molecule has 3 nitrogen and oxygen atoms in total. The maximum absolute atomic E-state index is 13.8. The van der Waals surface area contributed by atoms with Crippen molar-refractivity contribution < 1.29 is 4.39 Å². The van der Waals surface area contributed by atoms with Crippen LogP contribution in [0.15, 0.2) is 30.5 Å². The molecule has 0 radical (unpaired) electrons. The minimum atomic E-state index is -0.198.